The van der Waals surface area contributed by atoms with Gasteiger partial charge in [0.15, 0.2) is 0 Å². The van der Waals surface area contributed by atoms with Crippen molar-refractivity contribution < 1.29 is 0 Å². The van der Waals surface area contributed by atoms with Crippen LogP contribution in [-0.2, 0) is 0 Å². The number of nitrogens with zero attached hydrogens (tertiary/aromatic N) is 1. The predicted octanol–water partition coefficient (Wildman–Crippen LogP) is 2.85. The summed E-state index contributed by atoms with van der Waals surface area (Å²) in [4.78, 5) is 0. The van der Waals surface area contributed by atoms with Gasteiger partial charge < -0.3 is 0 Å². The molecule has 1 rings (SSSR count). The summed E-state index contributed by atoms with van der Waals surface area (Å²) in [5, 5.41) is 12.7. The normalized spacial score (nSPS) is 21.6. The summed E-state index contributed by atoms with van der Waals surface area (Å²) in [5.41, 5.74) is 0.0484. The van der Waals surface area contributed by atoms with Gasteiger partial charge in [-0.25, -0.2) is 0 Å². The van der Waals surface area contributed by atoms with Crippen molar-refractivity contribution in [2.24, 2.45) is 5.41 Å². The Balaban J connectivity index is 2.50. The van der Waals surface area contributed by atoms with Crippen molar-refractivity contribution in [1.82, 2.24) is 5.32 Å². The lowest BCUT2D eigenvalue weighted by molar-refractivity contribution is 0.255. The fraction of sp³-hybridized carbons (Fsp3) is 0.917. The molecule has 1 aliphatic carbocycles. The fourth-order valence-corrected chi connectivity index (χ4v) is 1.92. The molecule has 1 fully saturated rings. The number of hydrogen-bond acceptors (Lipinski definition) is 2. The highest BCUT2D eigenvalue weighted by molar-refractivity contribution is 5.08. The highest BCUT2D eigenvalue weighted by Gasteiger charge is 2.32. The smallest absolute Gasteiger partial charge is 0.106 e. The average Bonchev–Trinajstić information content (AvgIpc) is 2.15. The van der Waals surface area contributed by atoms with Crippen LogP contribution in [0.3, 0.4) is 0 Å². The van der Waals surface area contributed by atoms with Crippen molar-refractivity contribution in [3.05, 3.63) is 0 Å². The van der Waals surface area contributed by atoms with Crippen molar-refractivity contribution in [2.75, 3.05) is 6.54 Å². The van der Waals surface area contributed by atoms with Crippen LogP contribution < -0.4 is 5.32 Å². The van der Waals surface area contributed by atoms with Crippen LogP contribution in [0.4, 0.5) is 0 Å². The van der Waals surface area contributed by atoms with Crippen molar-refractivity contribution in [3.63, 3.8) is 0 Å². The highest BCUT2D eigenvalue weighted by Crippen LogP contribution is 2.28. The Morgan fingerprint density at radius 3 is 2.21 bits per heavy atom. The summed E-state index contributed by atoms with van der Waals surface area (Å²) in [6, 6.07) is 2.48. The standard InChI is InChI=1S/C12H22N2/c1-11(2,3)10-14-12(9-13)7-5-4-6-8-12/h14H,4-8,10H2,1-3H3. The summed E-state index contributed by atoms with van der Waals surface area (Å²) in [5.74, 6) is 0. The van der Waals surface area contributed by atoms with E-state index in [0.29, 0.717) is 0 Å². The van der Waals surface area contributed by atoms with E-state index in [9.17, 15) is 5.26 Å². The lowest BCUT2D eigenvalue weighted by Crippen LogP contribution is -2.48. The lowest BCUT2D eigenvalue weighted by Gasteiger charge is -2.34. The van der Waals surface area contributed by atoms with Crippen LogP contribution >= 0.6 is 0 Å². The van der Waals surface area contributed by atoms with Crippen molar-refractivity contribution >= 4 is 0 Å². The molecule has 0 saturated heterocycles. The van der Waals surface area contributed by atoms with Crippen LogP contribution in [0, 0.1) is 16.7 Å². The first-order chi connectivity index (χ1) is 6.47. The Morgan fingerprint density at radius 1 is 1.21 bits per heavy atom. The third-order valence-corrected chi connectivity index (χ3v) is 2.88. The molecule has 80 valence electrons. The molecular formula is C12H22N2. The van der Waals surface area contributed by atoms with E-state index in [1.54, 1.807) is 0 Å². The lowest BCUT2D eigenvalue weighted by atomic mass is 9.82. The van der Waals surface area contributed by atoms with Gasteiger partial charge in [0.1, 0.15) is 5.54 Å². The molecule has 1 aliphatic rings. The summed E-state index contributed by atoms with van der Waals surface area (Å²) >= 11 is 0. The van der Waals surface area contributed by atoms with Crippen molar-refractivity contribution in [3.8, 4) is 6.07 Å². The molecule has 0 aromatic rings. The zero-order chi connectivity index (χ0) is 10.7. The Kier molecular flexibility index (Phi) is 3.55. The zero-order valence-electron chi connectivity index (χ0n) is 9.69. The first kappa shape index (κ1) is 11.5. The summed E-state index contributed by atoms with van der Waals surface area (Å²) in [6.07, 6.45) is 5.75. The molecule has 0 atom stereocenters. The molecule has 0 spiro atoms. The molecule has 0 bridgehead atoms. The Morgan fingerprint density at radius 2 is 1.79 bits per heavy atom. The maximum Gasteiger partial charge on any atom is 0.106 e. The third-order valence-electron chi connectivity index (χ3n) is 2.88. The van der Waals surface area contributed by atoms with Gasteiger partial charge in [0.2, 0.25) is 0 Å². The molecule has 0 radical (unpaired) electrons. The van der Waals surface area contributed by atoms with Crippen LogP contribution in [0.15, 0.2) is 0 Å². The molecule has 14 heavy (non-hydrogen) atoms. The van der Waals surface area contributed by atoms with E-state index >= 15 is 0 Å². The Hall–Kier alpha value is -0.550. The number of rotatable bonds is 2. The first-order valence-corrected chi connectivity index (χ1v) is 5.64. The number of nitrogens with one attached hydrogen (secondary N) is 1. The molecule has 0 aliphatic heterocycles. The minimum absolute atomic E-state index is 0.217. The van der Waals surface area contributed by atoms with E-state index < -0.39 is 0 Å². The van der Waals surface area contributed by atoms with Gasteiger partial charge in [-0.1, -0.05) is 40.0 Å². The van der Waals surface area contributed by atoms with Gasteiger partial charge in [-0.15, -0.1) is 0 Å². The highest BCUT2D eigenvalue weighted by atomic mass is 15.0. The van der Waals surface area contributed by atoms with E-state index in [1.807, 2.05) is 0 Å². The van der Waals surface area contributed by atoms with Crippen LogP contribution in [0.5, 0.6) is 0 Å². The molecule has 0 aromatic heterocycles. The molecule has 1 N–H and O–H groups in total. The SMILES string of the molecule is CC(C)(C)CNC1(C#N)CCCCC1. The van der Waals surface area contributed by atoms with Gasteiger partial charge in [0.25, 0.3) is 0 Å². The monoisotopic (exact) mass is 194 g/mol. The first-order valence-electron chi connectivity index (χ1n) is 5.64. The second kappa shape index (κ2) is 4.31. The second-order valence-electron chi connectivity index (χ2n) is 5.67. The van der Waals surface area contributed by atoms with Crippen molar-refractivity contribution in [2.45, 2.75) is 58.4 Å². The van der Waals surface area contributed by atoms with Gasteiger partial charge in [0, 0.05) is 6.54 Å². The maximum atomic E-state index is 9.23. The average molecular weight is 194 g/mol. The van der Waals surface area contributed by atoms with Crippen LogP contribution in [-0.4, -0.2) is 12.1 Å². The van der Waals surface area contributed by atoms with Gasteiger partial charge in [-0.05, 0) is 18.3 Å². The summed E-state index contributed by atoms with van der Waals surface area (Å²) in [6.45, 7) is 7.54. The van der Waals surface area contributed by atoms with Crippen molar-refractivity contribution in [1.29, 1.82) is 5.26 Å². The van der Waals surface area contributed by atoms with E-state index in [1.165, 1.54) is 19.3 Å². The number of nitriles is 1. The van der Waals surface area contributed by atoms with E-state index in [2.05, 4.69) is 32.2 Å². The Labute approximate surface area is 87.7 Å². The topological polar surface area (TPSA) is 35.8 Å². The molecule has 2 heteroatoms. The van der Waals surface area contributed by atoms with E-state index in [4.69, 9.17) is 0 Å². The van der Waals surface area contributed by atoms with Gasteiger partial charge in [-0.2, -0.15) is 5.26 Å². The van der Waals surface area contributed by atoms with Crippen LogP contribution in [0.25, 0.3) is 0 Å². The van der Waals surface area contributed by atoms with Gasteiger partial charge >= 0.3 is 0 Å². The fourth-order valence-electron chi connectivity index (χ4n) is 1.92. The molecule has 0 amide bonds. The molecular weight excluding hydrogens is 172 g/mol. The quantitative estimate of drug-likeness (QED) is 0.733. The second-order valence-corrected chi connectivity index (χ2v) is 5.67. The van der Waals surface area contributed by atoms with Gasteiger partial charge in [-0.3, -0.25) is 5.32 Å². The third kappa shape index (κ3) is 3.31. The molecule has 1 saturated carbocycles. The minimum atomic E-state index is -0.217. The summed E-state index contributed by atoms with van der Waals surface area (Å²) < 4.78 is 0. The maximum absolute atomic E-state index is 9.23. The summed E-state index contributed by atoms with van der Waals surface area (Å²) in [7, 11) is 0. The molecule has 0 unspecified atom stereocenters. The van der Waals surface area contributed by atoms with E-state index in [0.717, 1.165) is 19.4 Å². The Bertz CT molecular complexity index is 213. The molecule has 2 nitrogen and oxygen atoms in total. The largest absolute Gasteiger partial charge is 0.299 e. The minimum Gasteiger partial charge on any atom is -0.299 e. The zero-order valence-corrected chi connectivity index (χ0v) is 9.69. The van der Waals surface area contributed by atoms with Gasteiger partial charge in [0.05, 0.1) is 6.07 Å². The predicted molar refractivity (Wildman–Crippen MR) is 58.9 cm³/mol. The molecule has 0 aromatic carbocycles. The van der Waals surface area contributed by atoms with Crippen LogP contribution in [0.2, 0.25) is 0 Å². The van der Waals surface area contributed by atoms with Crippen LogP contribution in [0.1, 0.15) is 52.9 Å². The molecule has 0 heterocycles. The number of hydrogen-bond donors (Lipinski definition) is 1. The van der Waals surface area contributed by atoms with E-state index in [-0.39, 0.29) is 11.0 Å².